The molecule has 0 N–H and O–H groups in total. The van der Waals surface area contributed by atoms with Gasteiger partial charge in [0.2, 0.25) is 0 Å². The van der Waals surface area contributed by atoms with Gasteiger partial charge in [0.15, 0.2) is 5.75 Å². The van der Waals surface area contributed by atoms with Crippen molar-refractivity contribution in [2.75, 3.05) is 7.11 Å². The molecule has 128 valence electrons. The number of amides is 2. The van der Waals surface area contributed by atoms with Gasteiger partial charge < -0.3 is 4.74 Å². The van der Waals surface area contributed by atoms with Crippen LogP contribution in [0.5, 0.6) is 5.75 Å². The molecule has 2 bridgehead atoms. The normalized spacial score (nSPS) is 29.7. The lowest BCUT2D eigenvalue weighted by molar-refractivity contribution is -0.385. The van der Waals surface area contributed by atoms with Crippen LogP contribution in [0.25, 0.3) is 0 Å². The number of hydrogen-bond acceptors (Lipinski definition) is 6. The van der Waals surface area contributed by atoms with Gasteiger partial charge in [-0.3, -0.25) is 19.7 Å². The summed E-state index contributed by atoms with van der Waals surface area (Å²) in [5.41, 5.74) is 0.205. The molecule has 0 unspecified atom stereocenters. The van der Waals surface area contributed by atoms with Crippen LogP contribution in [0.4, 0.5) is 5.69 Å². The molecule has 8 heteroatoms. The van der Waals surface area contributed by atoms with Crippen molar-refractivity contribution in [3.05, 3.63) is 46.0 Å². The van der Waals surface area contributed by atoms with E-state index >= 15 is 0 Å². The molecule has 0 aromatic heterocycles. The smallest absolute Gasteiger partial charge is 0.311 e. The van der Waals surface area contributed by atoms with Crippen LogP contribution in [0.15, 0.2) is 35.5 Å². The summed E-state index contributed by atoms with van der Waals surface area (Å²) in [6.07, 6.45) is 6.17. The fourth-order valence-corrected chi connectivity index (χ4v) is 4.05. The Kier molecular flexibility index (Phi) is 3.41. The first-order chi connectivity index (χ1) is 12.0. The summed E-state index contributed by atoms with van der Waals surface area (Å²) in [6.45, 7) is 0. The van der Waals surface area contributed by atoms with Gasteiger partial charge in [0.25, 0.3) is 11.8 Å². The second-order valence-corrected chi connectivity index (χ2v) is 6.42. The van der Waals surface area contributed by atoms with Crippen LogP contribution in [-0.2, 0) is 9.59 Å². The van der Waals surface area contributed by atoms with Crippen LogP contribution < -0.4 is 4.74 Å². The van der Waals surface area contributed by atoms with Crippen molar-refractivity contribution in [3.63, 3.8) is 0 Å². The monoisotopic (exact) mass is 341 g/mol. The number of carbonyl (C=O) groups is 2. The summed E-state index contributed by atoms with van der Waals surface area (Å²) in [7, 11) is 1.35. The van der Waals surface area contributed by atoms with Crippen LogP contribution in [0, 0.1) is 33.8 Å². The Hall–Kier alpha value is -3.03. The summed E-state index contributed by atoms with van der Waals surface area (Å²) in [5.74, 6) is -0.831. The van der Waals surface area contributed by atoms with Crippen LogP contribution in [0.2, 0.25) is 0 Å². The third-order valence-corrected chi connectivity index (χ3v) is 5.17. The number of allylic oxidation sites excluding steroid dienone is 2. The minimum atomic E-state index is -0.559. The van der Waals surface area contributed by atoms with E-state index in [2.05, 4.69) is 5.10 Å². The van der Waals surface area contributed by atoms with E-state index in [1.54, 1.807) is 6.07 Å². The van der Waals surface area contributed by atoms with Gasteiger partial charge in [-0.2, -0.15) is 10.1 Å². The number of fused-ring (bicyclic) bond motifs is 5. The molecule has 0 radical (unpaired) electrons. The molecule has 1 saturated heterocycles. The first kappa shape index (κ1) is 15.5. The number of hydrogen-bond donors (Lipinski definition) is 0. The average Bonchev–Trinajstić information content (AvgIpc) is 3.28. The Morgan fingerprint density at radius 3 is 2.44 bits per heavy atom. The molecule has 1 aromatic rings. The second kappa shape index (κ2) is 5.51. The fourth-order valence-electron chi connectivity index (χ4n) is 4.05. The van der Waals surface area contributed by atoms with E-state index in [1.165, 1.54) is 25.5 Å². The molecule has 4 rings (SSSR count). The number of carbonyl (C=O) groups excluding carboxylic acids is 2. The standard InChI is InChI=1S/C17H15N3O5/c1-25-13-5-2-9(6-12(13)20(23)24)8-18-19-16(21)14-10-3-4-11(7-10)15(14)17(19)22/h2-6,8,10-11,14-15H,7H2,1H3/b18-8-/t10-,11-,14-,15+/m1/s1. The summed E-state index contributed by atoms with van der Waals surface area (Å²) in [4.78, 5) is 35.5. The summed E-state index contributed by atoms with van der Waals surface area (Å²) < 4.78 is 4.94. The maximum atomic E-state index is 12.5. The highest BCUT2D eigenvalue weighted by atomic mass is 16.6. The number of nitro groups is 1. The van der Waals surface area contributed by atoms with E-state index in [4.69, 9.17) is 4.74 Å². The van der Waals surface area contributed by atoms with Gasteiger partial charge in [-0.25, -0.2) is 0 Å². The van der Waals surface area contributed by atoms with E-state index in [9.17, 15) is 19.7 Å². The molecule has 2 amide bonds. The van der Waals surface area contributed by atoms with Crippen molar-refractivity contribution in [2.24, 2.45) is 28.8 Å². The zero-order chi connectivity index (χ0) is 17.7. The highest BCUT2D eigenvalue weighted by Crippen LogP contribution is 2.52. The van der Waals surface area contributed by atoms with Gasteiger partial charge in [-0.05, 0) is 30.4 Å². The van der Waals surface area contributed by atoms with Crippen molar-refractivity contribution in [1.29, 1.82) is 0 Å². The van der Waals surface area contributed by atoms with E-state index in [0.29, 0.717) is 5.56 Å². The van der Waals surface area contributed by atoms with Crippen LogP contribution in [0.3, 0.4) is 0 Å². The maximum absolute atomic E-state index is 12.5. The van der Waals surface area contributed by atoms with Crippen LogP contribution >= 0.6 is 0 Å². The van der Waals surface area contributed by atoms with Gasteiger partial charge in [-0.1, -0.05) is 12.2 Å². The molecule has 4 atom stereocenters. The summed E-state index contributed by atoms with van der Waals surface area (Å²) >= 11 is 0. The minimum absolute atomic E-state index is 0.119. The van der Waals surface area contributed by atoms with Crippen molar-refractivity contribution in [1.82, 2.24) is 5.01 Å². The van der Waals surface area contributed by atoms with Gasteiger partial charge in [-0.15, -0.1) is 0 Å². The molecule has 3 aliphatic rings. The van der Waals surface area contributed by atoms with Crippen LogP contribution in [0.1, 0.15) is 12.0 Å². The van der Waals surface area contributed by atoms with Gasteiger partial charge in [0.1, 0.15) is 0 Å². The van der Waals surface area contributed by atoms with Gasteiger partial charge >= 0.3 is 5.69 Å². The first-order valence-electron chi connectivity index (χ1n) is 7.94. The zero-order valence-electron chi connectivity index (χ0n) is 13.4. The number of methoxy groups -OCH3 is 1. The van der Waals surface area contributed by atoms with Crippen molar-refractivity contribution < 1.29 is 19.2 Å². The number of ether oxygens (including phenoxy) is 1. The number of nitrogens with zero attached hydrogens (tertiary/aromatic N) is 3. The van der Waals surface area contributed by atoms with E-state index in [1.807, 2.05) is 12.2 Å². The van der Waals surface area contributed by atoms with Crippen molar-refractivity contribution in [2.45, 2.75) is 6.42 Å². The Morgan fingerprint density at radius 1 is 1.24 bits per heavy atom. The Morgan fingerprint density at radius 2 is 1.88 bits per heavy atom. The Balaban J connectivity index is 1.59. The number of hydrazone groups is 1. The van der Waals surface area contributed by atoms with Crippen molar-refractivity contribution in [3.8, 4) is 5.75 Å². The topological polar surface area (TPSA) is 102 Å². The molecule has 1 aliphatic heterocycles. The lowest BCUT2D eigenvalue weighted by Gasteiger charge is -2.13. The SMILES string of the molecule is COc1ccc(/C=N\N2C(=O)[C@@H]3[C@H](C2=O)[C@@H]2C=C[C@@H]3C2)cc1[N+](=O)[O-]. The molecule has 0 spiro atoms. The minimum Gasteiger partial charge on any atom is -0.490 e. The lowest BCUT2D eigenvalue weighted by atomic mass is 9.85. The second-order valence-electron chi connectivity index (χ2n) is 6.42. The predicted octanol–water partition coefficient (Wildman–Crippen LogP) is 1.74. The third-order valence-electron chi connectivity index (χ3n) is 5.17. The fraction of sp³-hybridized carbons (Fsp3) is 0.353. The number of nitro benzene ring substituents is 1. The Labute approximate surface area is 142 Å². The lowest BCUT2D eigenvalue weighted by Crippen LogP contribution is -2.28. The average molecular weight is 341 g/mol. The molecule has 2 aliphatic carbocycles. The van der Waals surface area contributed by atoms with Gasteiger partial charge in [0, 0.05) is 11.6 Å². The van der Waals surface area contributed by atoms with E-state index in [0.717, 1.165) is 11.4 Å². The molecule has 8 nitrogen and oxygen atoms in total. The molecule has 1 saturated carbocycles. The molecular formula is C17H15N3O5. The first-order valence-corrected chi connectivity index (χ1v) is 7.94. The highest BCUT2D eigenvalue weighted by Gasteiger charge is 2.59. The van der Waals surface area contributed by atoms with Crippen molar-refractivity contribution >= 4 is 23.7 Å². The third kappa shape index (κ3) is 2.25. The number of imide groups is 1. The van der Waals surface area contributed by atoms with E-state index in [-0.39, 0.29) is 46.9 Å². The zero-order valence-corrected chi connectivity index (χ0v) is 13.4. The summed E-state index contributed by atoms with van der Waals surface area (Å²) in [6, 6.07) is 4.32. The predicted molar refractivity (Wildman–Crippen MR) is 86.8 cm³/mol. The summed E-state index contributed by atoms with van der Waals surface area (Å²) in [5, 5.41) is 16.0. The van der Waals surface area contributed by atoms with Gasteiger partial charge in [0.05, 0.1) is 30.1 Å². The molecule has 1 heterocycles. The largest absolute Gasteiger partial charge is 0.490 e. The number of benzene rings is 1. The molecule has 1 aromatic carbocycles. The molecule has 2 fully saturated rings. The number of rotatable bonds is 4. The highest BCUT2D eigenvalue weighted by molar-refractivity contribution is 6.06. The molecule has 25 heavy (non-hydrogen) atoms. The quantitative estimate of drug-likeness (QED) is 0.273. The molecular weight excluding hydrogens is 326 g/mol. The van der Waals surface area contributed by atoms with E-state index < -0.39 is 4.92 Å². The Bertz CT molecular complexity index is 817. The van der Waals surface area contributed by atoms with Crippen LogP contribution in [-0.4, -0.2) is 35.1 Å². The maximum Gasteiger partial charge on any atom is 0.311 e.